The molecule has 1 aliphatic heterocycles. The Morgan fingerprint density at radius 1 is 0.923 bits per heavy atom. The van der Waals surface area contributed by atoms with Crippen LogP contribution in [0.3, 0.4) is 0 Å². The molecular formula is C30H30FN7O. The number of aromatic amines is 1. The zero-order chi connectivity index (χ0) is 26.9. The summed E-state index contributed by atoms with van der Waals surface area (Å²) in [5.74, 6) is 0.291. The number of fused-ring (bicyclic) bond motifs is 1. The number of halogens is 1. The van der Waals surface area contributed by atoms with E-state index in [0.717, 1.165) is 53.8 Å². The molecule has 3 aromatic carbocycles. The van der Waals surface area contributed by atoms with Gasteiger partial charge in [-0.3, -0.25) is 9.69 Å². The smallest absolute Gasteiger partial charge is 0.253 e. The van der Waals surface area contributed by atoms with Crippen molar-refractivity contribution >= 4 is 16.6 Å². The number of pyridine rings is 1. The highest BCUT2D eigenvalue weighted by atomic mass is 19.1. The number of anilines is 1. The Kier molecular flexibility index (Phi) is 6.66. The lowest BCUT2D eigenvalue weighted by atomic mass is 10.00. The maximum atomic E-state index is 13.6. The summed E-state index contributed by atoms with van der Waals surface area (Å²) in [6, 6.07) is 22.3. The number of hydrogen-bond donors (Lipinski definition) is 1. The number of aryl methyl sites for hydroxylation is 2. The van der Waals surface area contributed by atoms with E-state index < -0.39 is 6.04 Å². The van der Waals surface area contributed by atoms with Gasteiger partial charge in [-0.15, -0.1) is 5.10 Å². The highest BCUT2D eigenvalue weighted by Gasteiger charge is 2.33. The fourth-order valence-corrected chi connectivity index (χ4v) is 5.36. The molecule has 1 fully saturated rings. The van der Waals surface area contributed by atoms with E-state index in [1.807, 2.05) is 37.3 Å². The van der Waals surface area contributed by atoms with Gasteiger partial charge >= 0.3 is 0 Å². The van der Waals surface area contributed by atoms with Crippen LogP contribution in [0.2, 0.25) is 0 Å². The van der Waals surface area contributed by atoms with Crippen LogP contribution in [-0.2, 0) is 6.54 Å². The first kappa shape index (κ1) is 24.9. The predicted molar refractivity (Wildman–Crippen MR) is 149 cm³/mol. The number of para-hydroxylation sites is 1. The monoisotopic (exact) mass is 523 g/mol. The topological polar surface area (TPSA) is 82.9 Å². The number of nitrogens with zero attached hydrogens (tertiary/aromatic N) is 6. The zero-order valence-electron chi connectivity index (χ0n) is 22.0. The highest BCUT2D eigenvalue weighted by molar-refractivity contribution is 5.81. The second kappa shape index (κ2) is 10.4. The molecule has 9 heteroatoms. The van der Waals surface area contributed by atoms with E-state index in [1.54, 1.807) is 16.8 Å². The first-order valence-corrected chi connectivity index (χ1v) is 13.1. The number of hydrogen-bond acceptors (Lipinski definition) is 6. The van der Waals surface area contributed by atoms with Crippen molar-refractivity contribution in [2.75, 3.05) is 31.1 Å². The van der Waals surface area contributed by atoms with E-state index in [-0.39, 0.29) is 11.4 Å². The van der Waals surface area contributed by atoms with Gasteiger partial charge in [0.25, 0.3) is 5.56 Å². The molecule has 5 aromatic rings. The minimum absolute atomic E-state index is 0.155. The summed E-state index contributed by atoms with van der Waals surface area (Å²) in [6.45, 7) is 7.56. The molecular weight excluding hydrogens is 493 g/mol. The Balaban J connectivity index is 1.40. The molecule has 0 bridgehead atoms. The van der Waals surface area contributed by atoms with Crippen molar-refractivity contribution in [1.29, 1.82) is 0 Å². The average molecular weight is 524 g/mol. The molecule has 8 nitrogen and oxygen atoms in total. The maximum Gasteiger partial charge on any atom is 0.253 e. The number of piperazine rings is 1. The SMILES string of the molecule is Cc1cc2cc([C@@H](c3nnnn3Cc3ccc(F)cc3)N3CCN(c4ccccc4)CC3)c(=O)[nH]c2cc1C. The average Bonchev–Trinajstić information content (AvgIpc) is 3.40. The number of nitrogens with one attached hydrogen (secondary N) is 1. The Morgan fingerprint density at radius 3 is 2.38 bits per heavy atom. The van der Waals surface area contributed by atoms with Gasteiger partial charge in [-0.2, -0.15) is 0 Å². The molecule has 1 N–H and O–H groups in total. The van der Waals surface area contributed by atoms with Crippen LogP contribution < -0.4 is 10.5 Å². The summed E-state index contributed by atoms with van der Waals surface area (Å²) >= 11 is 0. The van der Waals surface area contributed by atoms with Crippen LogP contribution in [0.5, 0.6) is 0 Å². The van der Waals surface area contributed by atoms with Crippen molar-refractivity contribution < 1.29 is 4.39 Å². The van der Waals surface area contributed by atoms with Gasteiger partial charge in [0.05, 0.1) is 6.54 Å². The van der Waals surface area contributed by atoms with Crippen LogP contribution >= 0.6 is 0 Å². The van der Waals surface area contributed by atoms with Crippen molar-refractivity contribution in [3.05, 3.63) is 117 Å². The lowest BCUT2D eigenvalue weighted by molar-refractivity contribution is 0.200. The van der Waals surface area contributed by atoms with Gasteiger partial charge in [-0.25, -0.2) is 9.07 Å². The molecule has 1 aliphatic rings. The fraction of sp³-hybridized carbons (Fsp3) is 0.267. The molecule has 0 unspecified atom stereocenters. The number of H-pyrrole nitrogens is 1. The molecule has 3 heterocycles. The number of benzene rings is 3. The first-order valence-electron chi connectivity index (χ1n) is 13.1. The van der Waals surface area contributed by atoms with Gasteiger partial charge in [0.2, 0.25) is 0 Å². The standard InChI is InChI=1S/C30H30FN7O/c1-20-16-23-18-26(30(39)32-27(23)17-21(20)2)28(37-14-12-36(13-15-37)25-6-4-3-5-7-25)29-33-34-35-38(29)19-22-8-10-24(31)11-9-22/h3-11,16-18,28H,12-15,19H2,1-2H3,(H,32,39)/t28-/m0/s1. The maximum absolute atomic E-state index is 13.6. The molecule has 198 valence electrons. The molecule has 1 saturated heterocycles. The number of rotatable bonds is 6. The number of aromatic nitrogens is 5. The van der Waals surface area contributed by atoms with Gasteiger partial charge < -0.3 is 9.88 Å². The van der Waals surface area contributed by atoms with Crippen molar-refractivity contribution in [3.63, 3.8) is 0 Å². The minimum atomic E-state index is -0.451. The lowest BCUT2D eigenvalue weighted by Gasteiger charge is -2.39. The molecule has 0 spiro atoms. The molecule has 0 amide bonds. The van der Waals surface area contributed by atoms with E-state index in [0.29, 0.717) is 17.9 Å². The van der Waals surface area contributed by atoms with Crippen molar-refractivity contribution in [3.8, 4) is 0 Å². The van der Waals surface area contributed by atoms with Gasteiger partial charge in [0.1, 0.15) is 11.9 Å². The van der Waals surface area contributed by atoms with E-state index >= 15 is 0 Å². The quantitative estimate of drug-likeness (QED) is 0.359. The van der Waals surface area contributed by atoms with E-state index in [2.05, 4.69) is 55.4 Å². The largest absolute Gasteiger partial charge is 0.369 e. The Hall–Kier alpha value is -4.37. The Bertz CT molecular complexity index is 1660. The van der Waals surface area contributed by atoms with Gasteiger partial charge in [-0.1, -0.05) is 30.3 Å². The Morgan fingerprint density at radius 2 is 1.64 bits per heavy atom. The molecule has 39 heavy (non-hydrogen) atoms. The fourth-order valence-electron chi connectivity index (χ4n) is 5.36. The van der Waals surface area contributed by atoms with E-state index in [4.69, 9.17) is 0 Å². The van der Waals surface area contributed by atoms with Crippen molar-refractivity contribution in [2.45, 2.75) is 26.4 Å². The first-order chi connectivity index (χ1) is 19.0. The minimum Gasteiger partial charge on any atom is -0.369 e. The van der Waals surface area contributed by atoms with Crippen molar-refractivity contribution in [1.82, 2.24) is 30.1 Å². The van der Waals surface area contributed by atoms with E-state index in [1.165, 1.54) is 17.8 Å². The van der Waals surface area contributed by atoms with E-state index in [9.17, 15) is 9.18 Å². The van der Waals surface area contributed by atoms with Crippen LogP contribution in [0.25, 0.3) is 10.9 Å². The third-order valence-electron chi connectivity index (χ3n) is 7.63. The van der Waals surface area contributed by atoms with Crippen LogP contribution in [0.15, 0.2) is 77.6 Å². The molecule has 1 atom stereocenters. The lowest BCUT2D eigenvalue weighted by Crippen LogP contribution is -2.49. The third-order valence-corrected chi connectivity index (χ3v) is 7.63. The van der Waals surface area contributed by atoms with Gasteiger partial charge in [0, 0.05) is 42.9 Å². The van der Waals surface area contributed by atoms with Crippen LogP contribution in [0, 0.1) is 19.7 Å². The summed E-state index contributed by atoms with van der Waals surface area (Å²) in [5, 5.41) is 13.7. The second-order valence-electron chi connectivity index (χ2n) is 10.2. The molecule has 2 aromatic heterocycles. The second-order valence-corrected chi connectivity index (χ2v) is 10.2. The Labute approximate surface area is 225 Å². The summed E-state index contributed by atoms with van der Waals surface area (Å²) < 4.78 is 15.2. The van der Waals surface area contributed by atoms with Crippen molar-refractivity contribution in [2.24, 2.45) is 0 Å². The highest BCUT2D eigenvalue weighted by Crippen LogP contribution is 2.29. The van der Waals surface area contributed by atoms with Crippen LogP contribution in [0.4, 0.5) is 10.1 Å². The summed E-state index contributed by atoms with van der Waals surface area (Å²) in [5.41, 5.74) is 5.61. The predicted octanol–water partition coefficient (Wildman–Crippen LogP) is 4.23. The van der Waals surface area contributed by atoms with Gasteiger partial charge in [0.15, 0.2) is 5.82 Å². The van der Waals surface area contributed by atoms with Crippen LogP contribution in [-0.4, -0.2) is 56.3 Å². The normalized spacial score (nSPS) is 15.1. The zero-order valence-corrected chi connectivity index (χ0v) is 22.0. The van der Waals surface area contributed by atoms with Gasteiger partial charge in [-0.05, 0) is 88.8 Å². The summed E-state index contributed by atoms with van der Waals surface area (Å²) in [4.78, 5) is 21.3. The summed E-state index contributed by atoms with van der Waals surface area (Å²) in [7, 11) is 0. The summed E-state index contributed by atoms with van der Waals surface area (Å²) in [6.07, 6.45) is 0. The molecule has 6 rings (SSSR count). The molecule has 0 radical (unpaired) electrons. The van der Waals surface area contributed by atoms with Crippen LogP contribution in [0.1, 0.15) is 34.1 Å². The third kappa shape index (κ3) is 5.05. The number of tetrazole rings is 1. The molecule has 0 saturated carbocycles. The molecule has 0 aliphatic carbocycles.